The summed E-state index contributed by atoms with van der Waals surface area (Å²) in [5.74, 6) is 0.892. The summed E-state index contributed by atoms with van der Waals surface area (Å²) in [7, 11) is 1.97. The van der Waals surface area contributed by atoms with Crippen molar-refractivity contribution in [2.45, 2.75) is 6.92 Å². The SMILES string of the molecule is Cc1cn(C)c(-c2cccc(Br)n2)n1. The Bertz CT molecular complexity index is 462. The van der Waals surface area contributed by atoms with Gasteiger partial charge in [0.15, 0.2) is 5.82 Å². The minimum atomic E-state index is 0.829. The molecule has 2 aromatic rings. The first-order valence-electron chi connectivity index (χ1n) is 4.30. The molecule has 4 heteroatoms. The topological polar surface area (TPSA) is 30.7 Å². The van der Waals surface area contributed by atoms with Gasteiger partial charge in [-0.05, 0) is 35.0 Å². The summed E-state index contributed by atoms with van der Waals surface area (Å²) < 4.78 is 2.81. The second-order valence-electron chi connectivity index (χ2n) is 3.16. The monoisotopic (exact) mass is 251 g/mol. The Kier molecular flexibility index (Phi) is 2.37. The van der Waals surface area contributed by atoms with Crippen LogP contribution in [0.15, 0.2) is 29.0 Å². The van der Waals surface area contributed by atoms with E-state index in [2.05, 4.69) is 25.9 Å². The predicted octanol–water partition coefficient (Wildman–Crippen LogP) is 2.55. The average Bonchev–Trinajstić information content (AvgIpc) is 2.45. The number of nitrogens with zero attached hydrogens (tertiary/aromatic N) is 3. The van der Waals surface area contributed by atoms with Gasteiger partial charge >= 0.3 is 0 Å². The Morgan fingerprint density at radius 3 is 2.64 bits per heavy atom. The van der Waals surface area contributed by atoms with Crippen LogP contribution in [-0.2, 0) is 7.05 Å². The molecule has 0 radical (unpaired) electrons. The second-order valence-corrected chi connectivity index (χ2v) is 3.97. The highest BCUT2D eigenvalue weighted by atomic mass is 79.9. The fourth-order valence-electron chi connectivity index (χ4n) is 1.39. The van der Waals surface area contributed by atoms with Crippen molar-refractivity contribution in [3.63, 3.8) is 0 Å². The van der Waals surface area contributed by atoms with Crippen molar-refractivity contribution in [1.82, 2.24) is 14.5 Å². The number of aromatic nitrogens is 3. The van der Waals surface area contributed by atoms with Gasteiger partial charge in [0.25, 0.3) is 0 Å². The molecule has 0 unspecified atom stereocenters. The molecule has 0 bridgehead atoms. The fourth-order valence-corrected chi connectivity index (χ4v) is 1.73. The number of imidazole rings is 1. The standard InChI is InChI=1S/C10H10BrN3/c1-7-6-14(2)10(12-7)8-4-3-5-9(11)13-8/h3-6H,1-2H3. The van der Waals surface area contributed by atoms with Crippen LogP contribution >= 0.6 is 15.9 Å². The quantitative estimate of drug-likeness (QED) is 0.730. The molecule has 72 valence electrons. The van der Waals surface area contributed by atoms with Gasteiger partial charge in [0.1, 0.15) is 10.3 Å². The Hall–Kier alpha value is -1.16. The summed E-state index contributed by atoms with van der Waals surface area (Å²) in [6.45, 7) is 1.97. The molecule has 0 aliphatic carbocycles. The number of rotatable bonds is 1. The van der Waals surface area contributed by atoms with Crippen molar-refractivity contribution in [2.75, 3.05) is 0 Å². The molecule has 0 aliphatic rings. The molecule has 0 spiro atoms. The minimum Gasteiger partial charge on any atom is -0.332 e. The van der Waals surface area contributed by atoms with Gasteiger partial charge in [-0.25, -0.2) is 9.97 Å². The predicted molar refractivity (Wildman–Crippen MR) is 58.9 cm³/mol. The zero-order chi connectivity index (χ0) is 10.1. The molecule has 2 rings (SSSR count). The number of aryl methyl sites for hydroxylation is 2. The molecule has 14 heavy (non-hydrogen) atoms. The Morgan fingerprint density at radius 2 is 2.07 bits per heavy atom. The van der Waals surface area contributed by atoms with Crippen molar-refractivity contribution in [3.8, 4) is 11.5 Å². The van der Waals surface area contributed by atoms with Gasteiger partial charge in [0, 0.05) is 13.2 Å². The lowest BCUT2D eigenvalue weighted by molar-refractivity contribution is 0.916. The van der Waals surface area contributed by atoms with E-state index >= 15 is 0 Å². The maximum atomic E-state index is 4.40. The first-order valence-corrected chi connectivity index (χ1v) is 5.09. The van der Waals surface area contributed by atoms with Crippen molar-refractivity contribution in [1.29, 1.82) is 0 Å². The highest BCUT2D eigenvalue weighted by molar-refractivity contribution is 9.10. The highest BCUT2D eigenvalue weighted by Gasteiger charge is 2.06. The molecule has 0 amide bonds. The van der Waals surface area contributed by atoms with E-state index < -0.39 is 0 Å². The summed E-state index contributed by atoms with van der Waals surface area (Å²) in [6, 6.07) is 5.81. The maximum absolute atomic E-state index is 4.40. The van der Waals surface area contributed by atoms with Crippen LogP contribution in [0.3, 0.4) is 0 Å². The third kappa shape index (κ3) is 1.70. The van der Waals surface area contributed by atoms with Crippen LogP contribution < -0.4 is 0 Å². The average molecular weight is 252 g/mol. The van der Waals surface area contributed by atoms with Crippen molar-refractivity contribution in [3.05, 3.63) is 34.7 Å². The fraction of sp³-hybridized carbons (Fsp3) is 0.200. The molecule has 0 saturated heterocycles. The Labute approximate surface area is 90.9 Å². The molecule has 0 aromatic carbocycles. The lowest BCUT2D eigenvalue weighted by Gasteiger charge is -2.00. The second kappa shape index (κ2) is 3.53. The number of pyridine rings is 1. The molecule has 0 fully saturated rings. The molecule has 0 saturated carbocycles. The van der Waals surface area contributed by atoms with E-state index in [0.29, 0.717) is 0 Å². The summed E-state index contributed by atoms with van der Waals surface area (Å²) in [5.41, 5.74) is 1.89. The van der Waals surface area contributed by atoms with E-state index in [1.165, 1.54) is 0 Å². The third-order valence-electron chi connectivity index (χ3n) is 1.94. The Balaban J connectivity index is 2.54. The van der Waals surface area contributed by atoms with Gasteiger partial charge in [-0.2, -0.15) is 0 Å². The maximum Gasteiger partial charge on any atom is 0.158 e. The van der Waals surface area contributed by atoms with Gasteiger partial charge < -0.3 is 4.57 Å². The number of hydrogen-bond donors (Lipinski definition) is 0. The molecule has 2 aromatic heterocycles. The molecule has 3 nitrogen and oxygen atoms in total. The summed E-state index contributed by atoms with van der Waals surface area (Å²) in [6.07, 6.45) is 1.98. The van der Waals surface area contributed by atoms with Crippen LogP contribution in [0.2, 0.25) is 0 Å². The van der Waals surface area contributed by atoms with E-state index in [9.17, 15) is 0 Å². The minimum absolute atomic E-state index is 0.829. The molecular formula is C10H10BrN3. The van der Waals surface area contributed by atoms with Crippen LogP contribution in [-0.4, -0.2) is 14.5 Å². The number of halogens is 1. The van der Waals surface area contributed by atoms with Gasteiger partial charge in [0.05, 0.1) is 5.69 Å². The van der Waals surface area contributed by atoms with Crippen LogP contribution in [0.25, 0.3) is 11.5 Å². The van der Waals surface area contributed by atoms with Gasteiger partial charge in [0.2, 0.25) is 0 Å². The molecule has 0 atom stereocenters. The van der Waals surface area contributed by atoms with Gasteiger partial charge in [-0.1, -0.05) is 6.07 Å². The van der Waals surface area contributed by atoms with Crippen molar-refractivity contribution in [2.24, 2.45) is 7.05 Å². The van der Waals surface area contributed by atoms with Crippen molar-refractivity contribution < 1.29 is 0 Å². The lowest BCUT2D eigenvalue weighted by atomic mass is 10.3. The normalized spacial score (nSPS) is 10.5. The van der Waals surface area contributed by atoms with Crippen LogP contribution in [0.1, 0.15) is 5.69 Å². The zero-order valence-corrected chi connectivity index (χ0v) is 9.62. The Morgan fingerprint density at radius 1 is 1.29 bits per heavy atom. The van der Waals surface area contributed by atoms with Crippen LogP contribution in [0, 0.1) is 6.92 Å². The number of hydrogen-bond acceptors (Lipinski definition) is 2. The summed E-state index contributed by atoms with van der Waals surface area (Å²) in [5, 5.41) is 0. The van der Waals surface area contributed by atoms with Crippen LogP contribution in [0.5, 0.6) is 0 Å². The van der Waals surface area contributed by atoms with E-state index in [4.69, 9.17) is 0 Å². The van der Waals surface area contributed by atoms with E-state index in [0.717, 1.165) is 21.8 Å². The summed E-state index contributed by atoms with van der Waals surface area (Å²) >= 11 is 3.34. The molecule has 0 N–H and O–H groups in total. The third-order valence-corrected chi connectivity index (χ3v) is 2.38. The highest BCUT2D eigenvalue weighted by Crippen LogP contribution is 2.17. The summed E-state index contributed by atoms with van der Waals surface area (Å²) in [4.78, 5) is 8.75. The first-order chi connectivity index (χ1) is 6.66. The smallest absolute Gasteiger partial charge is 0.158 e. The van der Waals surface area contributed by atoms with Gasteiger partial charge in [-0.3, -0.25) is 0 Å². The van der Waals surface area contributed by atoms with E-state index in [-0.39, 0.29) is 0 Å². The van der Waals surface area contributed by atoms with Gasteiger partial charge in [-0.15, -0.1) is 0 Å². The zero-order valence-electron chi connectivity index (χ0n) is 8.03. The molecule has 0 aliphatic heterocycles. The van der Waals surface area contributed by atoms with E-state index in [1.54, 1.807) is 0 Å². The molecule has 2 heterocycles. The first kappa shape index (κ1) is 9.40. The lowest BCUT2D eigenvalue weighted by Crippen LogP contribution is -1.93. The van der Waals surface area contributed by atoms with E-state index in [1.807, 2.05) is 42.9 Å². The largest absolute Gasteiger partial charge is 0.332 e. The molecular weight excluding hydrogens is 242 g/mol. The van der Waals surface area contributed by atoms with Crippen molar-refractivity contribution >= 4 is 15.9 Å². The van der Waals surface area contributed by atoms with Crippen LogP contribution in [0.4, 0.5) is 0 Å².